The van der Waals surface area contributed by atoms with Gasteiger partial charge in [-0.25, -0.2) is 0 Å². The van der Waals surface area contributed by atoms with Crippen LogP contribution >= 0.6 is 0 Å². The second kappa shape index (κ2) is 3.47. The zero-order valence-electron chi connectivity index (χ0n) is 9.51. The van der Waals surface area contributed by atoms with Crippen molar-refractivity contribution in [3.8, 4) is 0 Å². The van der Waals surface area contributed by atoms with Crippen molar-refractivity contribution in [1.82, 2.24) is 0 Å². The fourth-order valence-corrected chi connectivity index (χ4v) is 3.16. The molecule has 4 rings (SSSR count). The van der Waals surface area contributed by atoms with Gasteiger partial charge in [-0.2, -0.15) is 0 Å². The van der Waals surface area contributed by atoms with Crippen molar-refractivity contribution in [2.24, 2.45) is 0 Å². The number of benzene rings is 4. The largest absolute Gasteiger partial charge is 0.505 e. The Hall–Kier alpha value is -2.06. The van der Waals surface area contributed by atoms with Gasteiger partial charge in [-0.05, 0) is 33.7 Å². The Morgan fingerprint density at radius 2 is 1.28 bits per heavy atom. The van der Waals surface area contributed by atoms with E-state index in [0.29, 0.717) is 11.7 Å². The van der Waals surface area contributed by atoms with Crippen molar-refractivity contribution < 1.29 is 4.21 Å². The highest BCUT2D eigenvalue weighted by molar-refractivity contribution is 7.66. The first-order chi connectivity index (χ1) is 8.88. The average molecular weight is 249 g/mol. The predicted molar refractivity (Wildman–Crippen MR) is 76.5 cm³/mol. The van der Waals surface area contributed by atoms with Crippen LogP contribution < -0.4 is 0 Å². The van der Waals surface area contributed by atoms with Gasteiger partial charge < -0.3 is 0 Å². The lowest BCUT2D eigenvalue weighted by atomic mass is 9.94. The maximum atomic E-state index is 11.2. The minimum Gasteiger partial charge on any atom is -0.0610 e. The van der Waals surface area contributed by atoms with E-state index in [0.717, 1.165) is 10.3 Å². The third-order valence-corrected chi connectivity index (χ3v) is 4.11. The van der Waals surface area contributed by atoms with Crippen LogP contribution in [0.25, 0.3) is 32.3 Å². The van der Waals surface area contributed by atoms with Gasteiger partial charge in [0.1, 0.15) is 0 Å². The van der Waals surface area contributed by atoms with Gasteiger partial charge in [0.2, 0.25) is 0 Å². The third kappa shape index (κ3) is 1.16. The van der Waals surface area contributed by atoms with E-state index < -0.39 is 0 Å². The molecule has 0 unspecified atom stereocenters. The Labute approximate surface area is 108 Å². The molecule has 0 atom stereocenters. The van der Waals surface area contributed by atoms with Gasteiger partial charge in [-0.3, -0.25) is 0 Å². The van der Waals surface area contributed by atoms with Crippen molar-refractivity contribution in [2.45, 2.75) is 4.90 Å². The molecule has 0 spiro atoms. The highest BCUT2D eigenvalue weighted by Gasteiger charge is 2.16. The van der Waals surface area contributed by atoms with Gasteiger partial charge in [-0.15, -0.1) is 0 Å². The fraction of sp³-hybridized carbons (Fsp3) is 0. The number of rotatable bonds is 1. The van der Waals surface area contributed by atoms with Crippen molar-refractivity contribution in [2.75, 3.05) is 0 Å². The highest BCUT2D eigenvalue weighted by Crippen LogP contribution is 2.35. The summed E-state index contributed by atoms with van der Waals surface area (Å²) in [6.07, 6.45) is 0. The molecule has 4 aromatic carbocycles. The van der Waals surface area contributed by atoms with Crippen molar-refractivity contribution in [1.29, 1.82) is 0 Å². The van der Waals surface area contributed by atoms with E-state index in [2.05, 4.69) is 42.5 Å². The molecule has 0 bridgehead atoms. The third-order valence-electron chi connectivity index (χ3n) is 3.58. The van der Waals surface area contributed by atoms with E-state index in [9.17, 15) is 4.21 Å². The molecule has 0 fully saturated rings. The normalized spacial score (nSPS) is 11.6. The highest BCUT2D eigenvalue weighted by atomic mass is 32.1. The molecule has 0 radical (unpaired) electrons. The average Bonchev–Trinajstić information content (AvgIpc) is 2.44. The summed E-state index contributed by atoms with van der Waals surface area (Å²) in [5.74, 6) is 0. The lowest BCUT2D eigenvalue weighted by molar-refractivity contribution is 0.605. The molecule has 0 aliphatic rings. The van der Waals surface area contributed by atoms with E-state index in [4.69, 9.17) is 0 Å². The van der Waals surface area contributed by atoms with E-state index in [1.54, 1.807) is 0 Å². The summed E-state index contributed by atoms with van der Waals surface area (Å²) >= 11 is 0.571. The summed E-state index contributed by atoms with van der Waals surface area (Å²) in [7, 11) is 0. The maximum absolute atomic E-state index is 11.2. The summed E-state index contributed by atoms with van der Waals surface area (Å²) in [6, 6.07) is 18.7. The zero-order valence-corrected chi connectivity index (χ0v) is 10.3. The molecule has 0 N–H and O–H groups in total. The van der Waals surface area contributed by atoms with Crippen molar-refractivity contribution in [3.05, 3.63) is 54.6 Å². The minimum absolute atomic E-state index is 0.571. The molecule has 1 nitrogen and oxygen atoms in total. The molecule has 0 saturated heterocycles. The number of hydrogen-bond donors (Lipinski definition) is 0. The van der Waals surface area contributed by atoms with E-state index in [-0.39, 0.29) is 0 Å². The molecule has 4 aromatic rings. The fourth-order valence-electron chi connectivity index (χ4n) is 2.78. The SMILES string of the molecule is O=[S+]c1ccc2ccc3cccc4ccc1c2c34. The standard InChI is InChI=1S/C16H9OS/c17-18-14-9-7-12-5-4-10-2-1-3-11-6-8-13(14)16(12)15(10)11/h1-9H/q+1. The summed E-state index contributed by atoms with van der Waals surface area (Å²) in [5, 5.41) is 7.22. The summed E-state index contributed by atoms with van der Waals surface area (Å²) in [6.45, 7) is 0. The van der Waals surface area contributed by atoms with Crippen LogP contribution in [-0.2, 0) is 15.9 Å². The molecule has 0 amide bonds. The molecule has 0 aliphatic carbocycles. The molecule has 84 valence electrons. The quantitative estimate of drug-likeness (QED) is 0.361. The van der Waals surface area contributed by atoms with Crippen LogP contribution in [0, 0.1) is 0 Å². The van der Waals surface area contributed by atoms with Crippen LogP contribution in [0.4, 0.5) is 0 Å². The molecule has 2 heteroatoms. The molecular weight excluding hydrogens is 240 g/mol. The Bertz CT molecular complexity index is 880. The van der Waals surface area contributed by atoms with Gasteiger partial charge in [0.15, 0.2) is 0 Å². The van der Waals surface area contributed by atoms with Gasteiger partial charge in [0.25, 0.3) is 4.90 Å². The maximum Gasteiger partial charge on any atom is 0.505 e. The minimum atomic E-state index is 0.571. The Kier molecular flexibility index (Phi) is 1.91. The van der Waals surface area contributed by atoms with E-state index >= 15 is 0 Å². The van der Waals surface area contributed by atoms with Crippen LogP contribution in [-0.4, -0.2) is 0 Å². The monoisotopic (exact) mass is 249 g/mol. The first-order valence-electron chi connectivity index (χ1n) is 5.85. The van der Waals surface area contributed by atoms with Crippen molar-refractivity contribution >= 4 is 44.0 Å². The van der Waals surface area contributed by atoms with Crippen LogP contribution in [0.3, 0.4) is 0 Å². The molecule has 0 saturated carbocycles. The lowest BCUT2D eigenvalue weighted by Gasteiger charge is -2.08. The first kappa shape index (κ1) is 9.92. The van der Waals surface area contributed by atoms with Crippen LogP contribution in [0.2, 0.25) is 0 Å². The van der Waals surface area contributed by atoms with E-state index in [1.807, 2.05) is 12.1 Å². The van der Waals surface area contributed by atoms with Crippen molar-refractivity contribution in [3.63, 3.8) is 0 Å². The van der Waals surface area contributed by atoms with E-state index in [1.165, 1.54) is 26.9 Å². The lowest BCUT2D eigenvalue weighted by Crippen LogP contribution is -1.85. The molecule has 0 heterocycles. The summed E-state index contributed by atoms with van der Waals surface area (Å²) in [5.41, 5.74) is 0. The Morgan fingerprint density at radius 3 is 2.00 bits per heavy atom. The van der Waals surface area contributed by atoms with Gasteiger partial charge in [0, 0.05) is 15.7 Å². The van der Waals surface area contributed by atoms with Gasteiger partial charge in [-0.1, -0.05) is 36.4 Å². The van der Waals surface area contributed by atoms with Gasteiger partial charge in [0.05, 0.1) is 5.39 Å². The number of hydrogen-bond acceptors (Lipinski definition) is 1. The topological polar surface area (TPSA) is 17.1 Å². The zero-order chi connectivity index (χ0) is 12.1. The predicted octanol–water partition coefficient (Wildman–Crippen LogP) is 4.37. The van der Waals surface area contributed by atoms with Crippen LogP contribution in [0.15, 0.2) is 59.5 Å². The smallest absolute Gasteiger partial charge is 0.0610 e. The van der Waals surface area contributed by atoms with Crippen LogP contribution in [0.1, 0.15) is 0 Å². The van der Waals surface area contributed by atoms with Crippen LogP contribution in [0.5, 0.6) is 0 Å². The summed E-state index contributed by atoms with van der Waals surface area (Å²) in [4.78, 5) is 0.806. The van der Waals surface area contributed by atoms with Gasteiger partial charge >= 0.3 is 11.7 Å². The first-order valence-corrected chi connectivity index (χ1v) is 6.59. The molecular formula is C16H9OS+. The Morgan fingerprint density at radius 1 is 0.667 bits per heavy atom. The second-order valence-corrected chi connectivity index (χ2v) is 5.11. The summed E-state index contributed by atoms with van der Waals surface area (Å²) < 4.78 is 11.2. The molecule has 0 aliphatic heterocycles. The second-order valence-electron chi connectivity index (χ2n) is 4.50. The molecule has 0 aromatic heterocycles. The Balaban J connectivity index is 2.43. The molecule has 18 heavy (non-hydrogen) atoms.